The van der Waals surface area contributed by atoms with Gasteiger partial charge in [-0.15, -0.1) is 0 Å². The van der Waals surface area contributed by atoms with E-state index in [0.717, 1.165) is 44.4 Å². The zero-order valence-electron chi connectivity index (χ0n) is 17.8. The monoisotopic (exact) mass is 414 g/mol. The predicted molar refractivity (Wildman–Crippen MR) is 120 cm³/mol. The maximum Gasteiger partial charge on any atom is 0.333 e. The van der Waals surface area contributed by atoms with Crippen molar-refractivity contribution in [3.63, 3.8) is 0 Å². The average Bonchev–Trinajstić information content (AvgIpc) is 3.23. The summed E-state index contributed by atoms with van der Waals surface area (Å²) in [5, 5.41) is 5.32. The molecule has 0 fully saturated rings. The summed E-state index contributed by atoms with van der Waals surface area (Å²) in [6.45, 7) is 4.41. The molecule has 8 nitrogen and oxygen atoms in total. The highest BCUT2D eigenvalue weighted by molar-refractivity contribution is 6.04. The molecule has 0 aliphatic carbocycles. The molecule has 0 spiro atoms. The molecule has 0 bridgehead atoms. The minimum atomic E-state index is -0.131. The van der Waals surface area contributed by atoms with Gasteiger partial charge in [0.05, 0.1) is 40.7 Å². The number of rotatable bonds is 4. The van der Waals surface area contributed by atoms with Crippen molar-refractivity contribution in [1.29, 1.82) is 0 Å². The van der Waals surface area contributed by atoms with E-state index in [-0.39, 0.29) is 5.69 Å². The van der Waals surface area contributed by atoms with Gasteiger partial charge in [0, 0.05) is 43.5 Å². The lowest BCUT2D eigenvalue weighted by atomic mass is 10.0. The summed E-state index contributed by atoms with van der Waals surface area (Å²) in [5.74, 6) is 0.597. The minimum absolute atomic E-state index is 0.131. The SMILES string of the molecule is CCOc1ccc(-c2ccc3ncc4c(c3c2)n(-c2cn(C)nc2C)c(=O)n4C)cn1. The lowest BCUT2D eigenvalue weighted by Crippen LogP contribution is -2.21. The van der Waals surface area contributed by atoms with Crippen LogP contribution in [0.4, 0.5) is 0 Å². The molecule has 5 rings (SSSR count). The fourth-order valence-corrected chi connectivity index (χ4v) is 3.99. The molecule has 31 heavy (non-hydrogen) atoms. The molecule has 0 amide bonds. The van der Waals surface area contributed by atoms with E-state index in [9.17, 15) is 4.79 Å². The number of fused-ring (bicyclic) bond motifs is 3. The van der Waals surface area contributed by atoms with Crippen LogP contribution in [-0.4, -0.2) is 35.5 Å². The summed E-state index contributed by atoms with van der Waals surface area (Å²) < 4.78 is 10.5. The second kappa shape index (κ2) is 7.09. The van der Waals surface area contributed by atoms with Crippen LogP contribution in [0.3, 0.4) is 0 Å². The first-order valence-corrected chi connectivity index (χ1v) is 10.1. The van der Waals surface area contributed by atoms with Crippen molar-refractivity contribution in [3.05, 3.63) is 65.1 Å². The van der Waals surface area contributed by atoms with Crippen molar-refractivity contribution in [1.82, 2.24) is 28.9 Å². The molecule has 0 saturated carbocycles. The number of imidazole rings is 1. The maximum atomic E-state index is 13.2. The van der Waals surface area contributed by atoms with Crippen molar-refractivity contribution >= 4 is 21.9 Å². The van der Waals surface area contributed by atoms with E-state index in [1.807, 2.05) is 51.4 Å². The Bertz CT molecular complexity index is 1490. The predicted octanol–water partition coefficient (Wildman–Crippen LogP) is 3.38. The molecule has 156 valence electrons. The van der Waals surface area contributed by atoms with E-state index in [2.05, 4.69) is 21.1 Å². The molecule has 8 heteroatoms. The third-order valence-electron chi connectivity index (χ3n) is 5.47. The number of benzene rings is 1. The maximum absolute atomic E-state index is 13.2. The Morgan fingerprint density at radius 3 is 2.52 bits per heavy atom. The highest BCUT2D eigenvalue weighted by atomic mass is 16.5. The van der Waals surface area contributed by atoms with E-state index in [0.29, 0.717) is 12.5 Å². The van der Waals surface area contributed by atoms with E-state index in [1.54, 1.807) is 33.3 Å². The van der Waals surface area contributed by atoms with Gasteiger partial charge in [-0.05, 0) is 37.6 Å². The van der Waals surface area contributed by atoms with Gasteiger partial charge in [0.15, 0.2) is 0 Å². The summed E-state index contributed by atoms with van der Waals surface area (Å²) in [5.41, 5.74) is 5.77. The first kappa shape index (κ1) is 19.0. The Kier molecular flexibility index (Phi) is 4.35. The molecule has 5 aromatic rings. The van der Waals surface area contributed by atoms with E-state index in [1.165, 1.54) is 0 Å². The highest BCUT2D eigenvalue weighted by Crippen LogP contribution is 2.30. The molecule has 4 heterocycles. The van der Waals surface area contributed by atoms with Gasteiger partial charge >= 0.3 is 5.69 Å². The molecular weight excluding hydrogens is 392 g/mol. The van der Waals surface area contributed by atoms with Crippen molar-refractivity contribution in [2.75, 3.05) is 6.61 Å². The van der Waals surface area contributed by atoms with Crippen LogP contribution in [0.5, 0.6) is 5.88 Å². The second-order valence-electron chi connectivity index (χ2n) is 7.49. The molecule has 0 radical (unpaired) electrons. The van der Waals surface area contributed by atoms with Crippen LogP contribution in [0.15, 0.2) is 53.7 Å². The smallest absolute Gasteiger partial charge is 0.333 e. The third-order valence-corrected chi connectivity index (χ3v) is 5.47. The lowest BCUT2D eigenvalue weighted by Gasteiger charge is -2.08. The number of hydrogen-bond donors (Lipinski definition) is 0. The molecule has 0 aliphatic rings. The van der Waals surface area contributed by atoms with Gasteiger partial charge in [0.25, 0.3) is 0 Å². The summed E-state index contributed by atoms with van der Waals surface area (Å²) in [7, 11) is 3.62. The van der Waals surface area contributed by atoms with Gasteiger partial charge < -0.3 is 4.74 Å². The quantitative estimate of drug-likeness (QED) is 0.450. The van der Waals surface area contributed by atoms with Gasteiger partial charge in [-0.3, -0.25) is 18.8 Å². The van der Waals surface area contributed by atoms with Crippen LogP contribution in [-0.2, 0) is 14.1 Å². The number of ether oxygens (including phenoxy) is 1. The van der Waals surface area contributed by atoms with Crippen LogP contribution in [0.2, 0.25) is 0 Å². The van der Waals surface area contributed by atoms with Gasteiger partial charge in [-0.1, -0.05) is 6.07 Å². The fourth-order valence-electron chi connectivity index (χ4n) is 3.99. The molecule has 0 atom stereocenters. The molecule has 1 aromatic carbocycles. The second-order valence-corrected chi connectivity index (χ2v) is 7.49. The largest absolute Gasteiger partial charge is 0.478 e. The van der Waals surface area contributed by atoms with Crippen LogP contribution in [0.1, 0.15) is 12.6 Å². The van der Waals surface area contributed by atoms with Crippen molar-refractivity contribution in [3.8, 4) is 22.7 Å². The standard InChI is InChI=1S/C23H22N6O2/c1-5-31-21-9-7-16(11-25-21)15-6-8-18-17(10-15)22-19(12-24-18)28(4)23(30)29(22)20-13-27(3)26-14(20)2/h6-13H,5H2,1-4H3. The minimum Gasteiger partial charge on any atom is -0.478 e. The Morgan fingerprint density at radius 1 is 1.03 bits per heavy atom. The number of aryl methyl sites for hydroxylation is 3. The number of nitrogens with zero attached hydrogens (tertiary/aromatic N) is 6. The van der Waals surface area contributed by atoms with Gasteiger partial charge in [0.2, 0.25) is 5.88 Å². The zero-order chi connectivity index (χ0) is 21.7. The Labute approximate surface area is 178 Å². The first-order chi connectivity index (χ1) is 15.0. The van der Waals surface area contributed by atoms with E-state index in [4.69, 9.17) is 4.74 Å². The molecular formula is C23H22N6O2. The van der Waals surface area contributed by atoms with Crippen LogP contribution in [0, 0.1) is 6.92 Å². The number of hydrogen-bond acceptors (Lipinski definition) is 5. The third kappa shape index (κ3) is 2.99. The molecule has 0 N–H and O–H groups in total. The van der Waals surface area contributed by atoms with Gasteiger partial charge in [0.1, 0.15) is 0 Å². The highest BCUT2D eigenvalue weighted by Gasteiger charge is 2.19. The molecule has 4 aromatic heterocycles. The molecule has 0 aliphatic heterocycles. The summed E-state index contributed by atoms with van der Waals surface area (Å²) in [6.07, 6.45) is 5.41. The van der Waals surface area contributed by atoms with E-state index < -0.39 is 0 Å². The number of pyridine rings is 2. The first-order valence-electron chi connectivity index (χ1n) is 10.1. The normalized spacial score (nSPS) is 11.5. The summed E-state index contributed by atoms with van der Waals surface area (Å²) in [6, 6.07) is 9.89. The zero-order valence-corrected chi connectivity index (χ0v) is 17.8. The average molecular weight is 414 g/mol. The van der Waals surface area contributed by atoms with Crippen molar-refractivity contribution in [2.24, 2.45) is 14.1 Å². The summed E-state index contributed by atoms with van der Waals surface area (Å²) >= 11 is 0. The van der Waals surface area contributed by atoms with E-state index >= 15 is 0 Å². The van der Waals surface area contributed by atoms with Gasteiger partial charge in [-0.25, -0.2) is 9.78 Å². The van der Waals surface area contributed by atoms with Crippen molar-refractivity contribution < 1.29 is 4.74 Å². The van der Waals surface area contributed by atoms with Crippen LogP contribution >= 0.6 is 0 Å². The Morgan fingerprint density at radius 2 is 1.84 bits per heavy atom. The summed E-state index contributed by atoms with van der Waals surface area (Å²) in [4.78, 5) is 22.2. The topological polar surface area (TPSA) is 79.8 Å². The van der Waals surface area contributed by atoms with Gasteiger partial charge in [-0.2, -0.15) is 5.10 Å². The molecule has 0 saturated heterocycles. The van der Waals surface area contributed by atoms with Crippen molar-refractivity contribution in [2.45, 2.75) is 13.8 Å². The molecule has 0 unspecified atom stereocenters. The van der Waals surface area contributed by atoms with Crippen LogP contribution < -0.4 is 10.4 Å². The Balaban J connectivity index is 1.79. The fraction of sp³-hybridized carbons (Fsp3) is 0.217. The number of aromatic nitrogens is 6. The lowest BCUT2D eigenvalue weighted by molar-refractivity contribution is 0.327. The van der Waals surface area contributed by atoms with Crippen LogP contribution in [0.25, 0.3) is 38.8 Å². The Hall–Kier alpha value is -3.94.